The quantitative estimate of drug-likeness (QED) is 0.279. The molecule has 0 spiro atoms. The molecule has 0 aliphatic heterocycles. The molecule has 3 aromatic carbocycles. The van der Waals surface area contributed by atoms with Crippen LogP contribution in [-0.2, 0) is 6.54 Å². The number of methoxy groups -OCH3 is 1. The lowest BCUT2D eigenvalue weighted by atomic mass is 10.2. The van der Waals surface area contributed by atoms with Gasteiger partial charge >= 0.3 is 0 Å². The third kappa shape index (κ3) is 6.11. The average Bonchev–Trinajstić information content (AvgIpc) is 2.99. The van der Waals surface area contributed by atoms with Crippen LogP contribution in [0.4, 0.5) is 11.4 Å². The van der Waals surface area contributed by atoms with Gasteiger partial charge in [0, 0.05) is 23.5 Å². The first-order valence-electron chi connectivity index (χ1n) is 12.2. The molecule has 0 fully saturated rings. The minimum atomic E-state index is -0.424. The van der Waals surface area contributed by atoms with Crippen LogP contribution in [0.1, 0.15) is 16.1 Å². The smallest absolute Gasteiger partial charge is 0.299 e. The Labute approximate surface area is 224 Å². The van der Waals surface area contributed by atoms with Gasteiger partial charge in [0.05, 0.1) is 31.2 Å². The summed E-state index contributed by atoms with van der Waals surface area (Å²) >= 11 is 0. The first-order valence-corrected chi connectivity index (χ1v) is 12.2. The maximum absolute atomic E-state index is 13.6. The molecule has 39 heavy (non-hydrogen) atoms. The number of nitrogens with one attached hydrogen (secondary N) is 2. The van der Waals surface area contributed by atoms with Crippen molar-refractivity contribution in [1.29, 1.82) is 0 Å². The van der Waals surface area contributed by atoms with Crippen LogP contribution in [0.2, 0.25) is 0 Å². The maximum atomic E-state index is 13.6. The number of hydrogen-bond donors (Lipinski definition) is 2. The van der Waals surface area contributed by atoms with Gasteiger partial charge in [-0.15, -0.1) is 0 Å². The van der Waals surface area contributed by atoms with Gasteiger partial charge in [-0.1, -0.05) is 36.4 Å². The van der Waals surface area contributed by atoms with Crippen molar-refractivity contribution in [2.24, 2.45) is 0 Å². The Hall–Kier alpha value is -5.44. The second-order valence-corrected chi connectivity index (χ2v) is 8.43. The maximum Gasteiger partial charge on any atom is 0.299 e. The van der Waals surface area contributed by atoms with Crippen LogP contribution in [0.25, 0.3) is 5.69 Å². The van der Waals surface area contributed by atoms with E-state index in [1.165, 1.54) is 10.9 Å². The average molecular weight is 520 g/mol. The zero-order valence-corrected chi connectivity index (χ0v) is 21.1. The largest absolute Gasteiger partial charge is 0.497 e. The number of amides is 1. The zero-order chi connectivity index (χ0) is 27.0. The molecule has 0 saturated heterocycles. The van der Waals surface area contributed by atoms with Crippen molar-refractivity contribution in [2.45, 2.75) is 6.54 Å². The minimum absolute atomic E-state index is 0.155. The van der Waals surface area contributed by atoms with Crippen LogP contribution < -0.4 is 25.7 Å². The first-order chi connectivity index (χ1) is 19.1. The molecule has 9 nitrogen and oxygen atoms in total. The summed E-state index contributed by atoms with van der Waals surface area (Å²) < 4.78 is 12.6. The van der Waals surface area contributed by atoms with E-state index in [2.05, 4.69) is 20.7 Å². The number of rotatable bonds is 9. The van der Waals surface area contributed by atoms with Gasteiger partial charge < -0.3 is 20.1 Å². The number of nitrogens with zero attached hydrogens (tertiary/aromatic N) is 3. The number of hydrogen-bond acceptors (Lipinski definition) is 7. The Morgan fingerprint density at radius 3 is 2.49 bits per heavy atom. The topological polar surface area (TPSA) is 107 Å². The Bertz CT molecular complexity index is 1640. The molecule has 0 radical (unpaired) electrons. The van der Waals surface area contributed by atoms with Gasteiger partial charge in [0.25, 0.3) is 11.5 Å². The summed E-state index contributed by atoms with van der Waals surface area (Å²) in [5, 5.41) is 10.3. The van der Waals surface area contributed by atoms with E-state index in [4.69, 9.17) is 9.47 Å². The Morgan fingerprint density at radius 1 is 0.897 bits per heavy atom. The van der Waals surface area contributed by atoms with E-state index in [1.54, 1.807) is 74.0 Å². The fourth-order valence-corrected chi connectivity index (χ4v) is 3.83. The van der Waals surface area contributed by atoms with Crippen LogP contribution >= 0.6 is 0 Å². The summed E-state index contributed by atoms with van der Waals surface area (Å²) in [5.41, 5.74) is 2.02. The molecule has 0 aliphatic carbocycles. The monoisotopic (exact) mass is 519 g/mol. The highest BCUT2D eigenvalue weighted by Crippen LogP contribution is 2.30. The van der Waals surface area contributed by atoms with Crippen molar-refractivity contribution in [3.05, 3.63) is 131 Å². The number of aromatic nitrogens is 3. The molecule has 2 N–H and O–H groups in total. The minimum Gasteiger partial charge on any atom is -0.497 e. The van der Waals surface area contributed by atoms with Gasteiger partial charge in [0.15, 0.2) is 11.4 Å². The number of ether oxygens (including phenoxy) is 2. The summed E-state index contributed by atoms with van der Waals surface area (Å²) in [6.07, 6.45) is 3.15. The number of carbonyl (C=O) groups excluding carboxylic acids is 1. The summed E-state index contributed by atoms with van der Waals surface area (Å²) in [4.78, 5) is 30.7. The lowest BCUT2D eigenvalue weighted by molar-refractivity contribution is 0.0950. The van der Waals surface area contributed by atoms with Crippen LogP contribution in [0.15, 0.2) is 114 Å². The lowest BCUT2D eigenvalue weighted by Gasteiger charge is -2.15. The van der Waals surface area contributed by atoms with E-state index < -0.39 is 5.56 Å². The molecule has 0 saturated carbocycles. The van der Waals surface area contributed by atoms with Gasteiger partial charge in [0.1, 0.15) is 11.5 Å². The first kappa shape index (κ1) is 25.2. The molecule has 0 aliphatic rings. The fraction of sp³-hybridized carbons (Fsp3) is 0.0667. The third-order valence-electron chi connectivity index (χ3n) is 5.76. The number of para-hydroxylation sites is 1. The number of pyridine rings is 1. The molecule has 0 bridgehead atoms. The fourth-order valence-electron chi connectivity index (χ4n) is 3.83. The Morgan fingerprint density at radius 2 is 1.69 bits per heavy atom. The predicted octanol–water partition coefficient (Wildman–Crippen LogP) is 5.10. The molecule has 9 heteroatoms. The lowest BCUT2D eigenvalue weighted by Crippen LogP contribution is -2.24. The molecule has 5 rings (SSSR count). The van der Waals surface area contributed by atoms with Crippen molar-refractivity contribution >= 4 is 17.3 Å². The second kappa shape index (κ2) is 11.7. The highest BCUT2D eigenvalue weighted by molar-refractivity contribution is 5.95. The van der Waals surface area contributed by atoms with E-state index in [1.807, 2.05) is 36.4 Å². The van der Waals surface area contributed by atoms with E-state index >= 15 is 0 Å². The molecule has 2 heterocycles. The number of anilines is 2. The summed E-state index contributed by atoms with van der Waals surface area (Å²) in [6, 6.07) is 28.5. The van der Waals surface area contributed by atoms with Gasteiger partial charge in [-0.3, -0.25) is 14.6 Å². The summed E-state index contributed by atoms with van der Waals surface area (Å²) in [5.74, 6) is 1.02. The van der Waals surface area contributed by atoms with Crippen LogP contribution in [-0.4, -0.2) is 27.8 Å². The second-order valence-electron chi connectivity index (χ2n) is 8.43. The van der Waals surface area contributed by atoms with Crippen molar-refractivity contribution in [3.8, 4) is 22.9 Å². The van der Waals surface area contributed by atoms with Crippen molar-refractivity contribution < 1.29 is 14.3 Å². The number of carbonyl (C=O) groups is 1. The van der Waals surface area contributed by atoms with Gasteiger partial charge in [-0.05, 0) is 54.6 Å². The van der Waals surface area contributed by atoms with E-state index in [-0.39, 0.29) is 17.3 Å². The van der Waals surface area contributed by atoms with Crippen LogP contribution in [0.3, 0.4) is 0 Å². The van der Waals surface area contributed by atoms with Gasteiger partial charge in [0.2, 0.25) is 0 Å². The third-order valence-corrected chi connectivity index (χ3v) is 5.76. The van der Waals surface area contributed by atoms with E-state index in [0.29, 0.717) is 35.0 Å². The highest BCUT2D eigenvalue weighted by atomic mass is 16.5. The highest BCUT2D eigenvalue weighted by Gasteiger charge is 2.16. The van der Waals surface area contributed by atoms with Crippen molar-refractivity contribution in [1.82, 2.24) is 20.1 Å². The molecule has 1 amide bonds. The molecule has 0 atom stereocenters. The molecule has 194 valence electrons. The molecular weight excluding hydrogens is 494 g/mol. The van der Waals surface area contributed by atoms with Crippen LogP contribution in [0, 0.1) is 0 Å². The van der Waals surface area contributed by atoms with Crippen molar-refractivity contribution in [2.75, 3.05) is 12.4 Å². The summed E-state index contributed by atoms with van der Waals surface area (Å²) in [6.45, 7) is 0.294. The van der Waals surface area contributed by atoms with Gasteiger partial charge in [-0.25, -0.2) is 0 Å². The Kier molecular flexibility index (Phi) is 7.59. The van der Waals surface area contributed by atoms with Gasteiger partial charge in [-0.2, -0.15) is 9.78 Å². The number of benzene rings is 3. The molecular formula is C30H25N5O4. The SMILES string of the molecule is COc1cccc(Oc2cnn(-c3ccccc3)c(=O)c2Nc2cccc(C(=O)NCc3ccccn3)c2)c1. The van der Waals surface area contributed by atoms with E-state index in [9.17, 15) is 9.59 Å². The standard InChI is InChI=1S/C30H25N5O4/c1-38-25-14-8-15-26(18-25)39-27-20-33-35(24-12-3-2-4-13-24)30(37)28(27)34-22-11-7-9-21(17-22)29(36)32-19-23-10-5-6-16-31-23/h2-18,20,34H,19H2,1H3,(H,32,36). The molecule has 2 aromatic heterocycles. The van der Waals surface area contributed by atoms with Crippen molar-refractivity contribution in [3.63, 3.8) is 0 Å². The molecule has 5 aromatic rings. The Balaban J connectivity index is 1.46. The zero-order valence-electron chi connectivity index (χ0n) is 21.1. The van der Waals surface area contributed by atoms with Crippen LogP contribution in [0.5, 0.6) is 17.2 Å². The van der Waals surface area contributed by atoms with E-state index in [0.717, 1.165) is 5.69 Å². The normalized spacial score (nSPS) is 10.5. The molecule has 0 unspecified atom stereocenters. The predicted molar refractivity (Wildman–Crippen MR) is 148 cm³/mol. The summed E-state index contributed by atoms with van der Waals surface area (Å²) in [7, 11) is 1.56.